The van der Waals surface area contributed by atoms with Crippen LogP contribution in [0.1, 0.15) is 47.9 Å². The maximum atomic E-state index is 10.7. The van der Waals surface area contributed by atoms with Crippen LogP contribution >= 0.6 is 0 Å². The quantitative estimate of drug-likeness (QED) is 0.475. The summed E-state index contributed by atoms with van der Waals surface area (Å²) in [6.45, 7) is 4.35. The van der Waals surface area contributed by atoms with Gasteiger partial charge in [0, 0.05) is 56.1 Å². The van der Waals surface area contributed by atoms with Crippen molar-refractivity contribution >= 4 is 11.4 Å². The van der Waals surface area contributed by atoms with E-state index in [4.69, 9.17) is 5.73 Å². The minimum absolute atomic E-state index is 0.219. The molecule has 6 rings (SSSR count). The molecular weight excluding hydrogens is 376 g/mol. The van der Waals surface area contributed by atoms with Gasteiger partial charge in [0.1, 0.15) is 0 Å². The highest BCUT2D eigenvalue weighted by atomic mass is 16.6. The molecule has 2 fully saturated rings. The molecular formula is C24H30N4O2. The third-order valence-electron chi connectivity index (χ3n) is 6.84. The van der Waals surface area contributed by atoms with Gasteiger partial charge in [0.25, 0.3) is 5.69 Å². The lowest BCUT2D eigenvalue weighted by molar-refractivity contribution is -0.385. The molecule has 0 radical (unpaired) electrons. The summed E-state index contributed by atoms with van der Waals surface area (Å²) < 4.78 is 0. The zero-order chi connectivity index (χ0) is 20.7. The van der Waals surface area contributed by atoms with Gasteiger partial charge >= 0.3 is 0 Å². The van der Waals surface area contributed by atoms with Crippen molar-refractivity contribution in [3.8, 4) is 0 Å². The van der Waals surface area contributed by atoms with Gasteiger partial charge in [0.2, 0.25) is 0 Å². The van der Waals surface area contributed by atoms with Gasteiger partial charge in [0.05, 0.1) is 4.92 Å². The highest BCUT2D eigenvalue weighted by Crippen LogP contribution is 2.33. The van der Waals surface area contributed by atoms with Crippen molar-refractivity contribution in [3.63, 3.8) is 0 Å². The Kier molecular flexibility index (Phi) is 5.21. The highest BCUT2D eigenvalue weighted by Gasteiger charge is 2.32. The second-order valence-corrected chi connectivity index (χ2v) is 9.14. The van der Waals surface area contributed by atoms with Crippen LogP contribution in [-0.4, -0.2) is 39.9 Å². The van der Waals surface area contributed by atoms with E-state index < -0.39 is 0 Å². The number of nitro benzene ring substituents is 1. The molecule has 0 unspecified atom stereocenters. The number of anilines is 1. The number of nitrogen functional groups attached to an aromatic ring is 1. The number of rotatable bonds is 3. The smallest absolute Gasteiger partial charge is 0.269 e. The van der Waals surface area contributed by atoms with Crippen LogP contribution in [0.2, 0.25) is 0 Å². The summed E-state index contributed by atoms with van der Waals surface area (Å²) in [7, 11) is 0. The second-order valence-electron chi connectivity index (χ2n) is 9.14. The molecule has 2 aliphatic heterocycles. The van der Waals surface area contributed by atoms with Gasteiger partial charge in [0.15, 0.2) is 0 Å². The number of benzene rings is 2. The first kappa shape index (κ1) is 19.5. The van der Waals surface area contributed by atoms with Crippen LogP contribution in [0.25, 0.3) is 0 Å². The average molecular weight is 407 g/mol. The highest BCUT2D eigenvalue weighted by molar-refractivity contribution is 5.45. The minimum atomic E-state index is -0.309. The van der Waals surface area contributed by atoms with Gasteiger partial charge in [-0.15, -0.1) is 0 Å². The van der Waals surface area contributed by atoms with Crippen LogP contribution < -0.4 is 5.73 Å². The van der Waals surface area contributed by atoms with Crippen LogP contribution in [0, 0.1) is 10.1 Å². The lowest BCUT2D eigenvalue weighted by Gasteiger charge is -2.28. The average Bonchev–Trinajstić information content (AvgIpc) is 3.65. The molecule has 2 saturated carbocycles. The van der Waals surface area contributed by atoms with Crippen molar-refractivity contribution < 1.29 is 4.92 Å². The number of hydrogen-bond donors (Lipinski definition) is 1. The molecule has 2 N–H and O–H groups in total. The predicted molar refractivity (Wildman–Crippen MR) is 118 cm³/mol. The van der Waals surface area contributed by atoms with Gasteiger partial charge in [-0.3, -0.25) is 19.9 Å². The molecule has 158 valence electrons. The van der Waals surface area contributed by atoms with E-state index >= 15 is 0 Å². The van der Waals surface area contributed by atoms with E-state index in [1.165, 1.54) is 55.3 Å². The molecule has 2 aromatic rings. The van der Waals surface area contributed by atoms with Crippen LogP contribution in [0.3, 0.4) is 0 Å². The Hall–Kier alpha value is -2.44. The van der Waals surface area contributed by atoms with Gasteiger partial charge < -0.3 is 5.73 Å². The van der Waals surface area contributed by atoms with Crippen molar-refractivity contribution in [2.24, 2.45) is 0 Å². The molecule has 0 saturated heterocycles. The number of nitro groups is 1. The Balaban J connectivity index is 0.000000130. The number of nitrogens with two attached hydrogens (primary N) is 1. The lowest BCUT2D eigenvalue weighted by Crippen LogP contribution is -2.32. The van der Waals surface area contributed by atoms with Crippen LogP contribution in [0.5, 0.6) is 0 Å². The molecule has 2 heterocycles. The maximum absolute atomic E-state index is 10.7. The predicted octanol–water partition coefficient (Wildman–Crippen LogP) is 3.90. The molecule has 6 nitrogen and oxygen atoms in total. The first-order valence-electron chi connectivity index (χ1n) is 11.2. The fourth-order valence-electron chi connectivity index (χ4n) is 4.78. The molecule has 2 aromatic carbocycles. The Labute approximate surface area is 177 Å². The van der Waals surface area contributed by atoms with Crippen LogP contribution in [0.4, 0.5) is 11.4 Å². The van der Waals surface area contributed by atoms with E-state index in [0.29, 0.717) is 0 Å². The zero-order valence-electron chi connectivity index (χ0n) is 17.4. The van der Waals surface area contributed by atoms with Crippen molar-refractivity contribution in [2.75, 3.05) is 18.8 Å². The number of non-ortho nitro benzene ring substituents is 1. The molecule has 2 aliphatic carbocycles. The molecule has 0 aromatic heterocycles. The van der Waals surface area contributed by atoms with Gasteiger partial charge in [-0.2, -0.15) is 0 Å². The number of nitrogens with zero attached hydrogens (tertiary/aromatic N) is 3. The first-order chi connectivity index (χ1) is 14.6. The Bertz CT molecular complexity index is 952. The summed E-state index contributed by atoms with van der Waals surface area (Å²) in [6, 6.07) is 13.2. The van der Waals surface area contributed by atoms with Crippen molar-refractivity contribution in [1.82, 2.24) is 9.80 Å². The Morgan fingerprint density at radius 1 is 0.800 bits per heavy atom. The topological polar surface area (TPSA) is 75.6 Å². The molecule has 0 bridgehead atoms. The van der Waals surface area contributed by atoms with Crippen molar-refractivity contribution in [2.45, 2.75) is 63.7 Å². The SMILES string of the molecule is Nc1ccc2c(c1)CN(C1CC1)CC2.O=[N+]([O-])c1ccc2c(c1)CN(C1CC1)CC2. The third kappa shape index (κ3) is 4.35. The fraction of sp³-hybridized carbons (Fsp3) is 0.500. The zero-order valence-corrected chi connectivity index (χ0v) is 17.4. The van der Waals surface area contributed by atoms with E-state index in [1.807, 2.05) is 12.1 Å². The standard InChI is InChI=1S/C12H14N2O2.C12H16N2/c15-14(16)12-2-1-9-5-6-13(11-3-4-11)8-10(9)7-12;13-11-2-1-9-5-6-14(12-3-4-12)8-10(9)7-11/h1-2,7,11H,3-6,8H2;1-2,7,12H,3-6,8,13H2. The third-order valence-corrected chi connectivity index (χ3v) is 6.84. The van der Waals surface area contributed by atoms with E-state index in [-0.39, 0.29) is 10.6 Å². The van der Waals surface area contributed by atoms with E-state index in [9.17, 15) is 10.1 Å². The second kappa shape index (κ2) is 8.00. The summed E-state index contributed by atoms with van der Waals surface area (Å²) in [6.07, 6.45) is 7.62. The largest absolute Gasteiger partial charge is 0.399 e. The Morgan fingerprint density at radius 3 is 1.87 bits per heavy atom. The van der Waals surface area contributed by atoms with E-state index in [2.05, 4.69) is 21.9 Å². The first-order valence-corrected chi connectivity index (χ1v) is 11.2. The van der Waals surface area contributed by atoms with Crippen LogP contribution in [-0.2, 0) is 25.9 Å². The molecule has 0 spiro atoms. The summed E-state index contributed by atoms with van der Waals surface area (Å²) in [5, 5.41) is 10.7. The van der Waals surface area contributed by atoms with E-state index in [0.717, 1.165) is 49.4 Å². The molecule has 4 aliphatic rings. The molecule has 6 heteroatoms. The number of hydrogen-bond acceptors (Lipinski definition) is 5. The monoisotopic (exact) mass is 406 g/mol. The van der Waals surface area contributed by atoms with Gasteiger partial charge in [-0.25, -0.2) is 0 Å². The summed E-state index contributed by atoms with van der Waals surface area (Å²) in [4.78, 5) is 15.4. The van der Waals surface area contributed by atoms with Crippen molar-refractivity contribution in [1.29, 1.82) is 0 Å². The maximum Gasteiger partial charge on any atom is 0.269 e. The Morgan fingerprint density at radius 2 is 1.33 bits per heavy atom. The summed E-state index contributed by atoms with van der Waals surface area (Å²) in [5.74, 6) is 0. The fourth-order valence-corrected chi connectivity index (χ4v) is 4.78. The molecule has 0 amide bonds. The molecule has 0 atom stereocenters. The van der Waals surface area contributed by atoms with E-state index in [1.54, 1.807) is 12.1 Å². The normalized spacial score (nSPS) is 21.2. The summed E-state index contributed by atoms with van der Waals surface area (Å²) >= 11 is 0. The lowest BCUT2D eigenvalue weighted by atomic mass is 9.99. The minimum Gasteiger partial charge on any atom is -0.399 e. The molecule has 30 heavy (non-hydrogen) atoms. The van der Waals surface area contributed by atoms with Crippen molar-refractivity contribution in [3.05, 3.63) is 68.8 Å². The van der Waals surface area contributed by atoms with Crippen LogP contribution in [0.15, 0.2) is 36.4 Å². The summed E-state index contributed by atoms with van der Waals surface area (Å²) in [5.41, 5.74) is 12.3. The van der Waals surface area contributed by atoms with Gasteiger partial charge in [-0.1, -0.05) is 12.1 Å². The number of fused-ring (bicyclic) bond motifs is 2. The van der Waals surface area contributed by atoms with Gasteiger partial charge in [-0.05, 0) is 72.9 Å².